The molecule has 0 saturated carbocycles. The van der Waals surface area contributed by atoms with Gasteiger partial charge in [0.25, 0.3) is 5.82 Å². The number of carbonyl (C=O) groups excluding carboxylic acids is 2. The number of methoxy groups -OCH3 is 1. The van der Waals surface area contributed by atoms with Crippen LogP contribution in [0.5, 0.6) is 0 Å². The highest BCUT2D eigenvalue weighted by Gasteiger charge is 2.42. The summed E-state index contributed by atoms with van der Waals surface area (Å²) >= 11 is 0. The lowest BCUT2D eigenvalue weighted by atomic mass is 9.90. The molecule has 0 radical (unpaired) electrons. The molecule has 28 heavy (non-hydrogen) atoms. The lowest BCUT2D eigenvalue weighted by Crippen LogP contribution is -2.43. The van der Waals surface area contributed by atoms with Gasteiger partial charge in [0.15, 0.2) is 0 Å². The first kappa shape index (κ1) is 19.6. The lowest BCUT2D eigenvalue weighted by Gasteiger charge is -2.12. The molecule has 1 aliphatic carbocycles. The zero-order chi connectivity index (χ0) is 19.0. The largest absolute Gasteiger partial charge is 0.381 e. The predicted molar refractivity (Wildman–Crippen MR) is 102 cm³/mol. The van der Waals surface area contributed by atoms with E-state index >= 15 is 0 Å². The molecule has 0 bridgehead atoms. The number of aromatic nitrogens is 4. The zero-order valence-corrected chi connectivity index (χ0v) is 16.2. The molecule has 1 aliphatic rings. The third-order valence-electron chi connectivity index (χ3n) is 4.85. The number of ether oxygens (including phenoxy) is 1. The van der Waals surface area contributed by atoms with Crippen molar-refractivity contribution in [2.45, 2.75) is 20.0 Å². The maximum absolute atomic E-state index is 13.3. The van der Waals surface area contributed by atoms with Crippen LogP contribution >= 0.6 is 0 Å². The molecule has 0 spiro atoms. The second kappa shape index (κ2) is 7.82. The van der Waals surface area contributed by atoms with Crippen LogP contribution in [0.2, 0.25) is 0 Å². The summed E-state index contributed by atoms with van der Waals surface area (Å²) in [5, 5.41) is 0. The molecule has 7 heteroatoms. The number of rotatable bonds is 5. The predicted octanol–water partition coefficient (Wildman–Crippen LogP) is 1.79. The Hall–Kier alpha value is -3.19. The van der Waals surface area contributed by atoms with E-state index in [1.165, 1.54) is 0 Å². The van der Waals surface area contributed by atoms with Crippen LogP contribution in [-0.4, -0.2) is 39.8 Å². The number of carbonyl (C=O) groups is 2. The molecular weight excluding hydrogens is 356 g/mol. The minimum atomic E-state index is -0.150. The third-order valence-corrected chi connectivity index (χ3v) is 4.85. The van der Waals surface area contributed by atoms with Gasteiger partial charge in [-0.25, -0.2) is 9.13 Å². The number of hydrogen-bond acceptors (Lipinski definition) is 5. The molecule has 0 fully saturated rings. The molecule has 2 heterocycles. The van der Waals surface area contributed by atoms with Gasteiger partial charge in [-0.1, -0.05) is 24.3 Å². The minimum absolute atomic E-state index is 0. The van der Waals surface area contributed by atoms with Gasteiger partial charge < -0.3 is 12.2 Å². The summed E-state index contributed by atoms with van der Waals surface area (Å²) in [7, 11) is 1.61. The van der Waals surface area contributed by atoms with Crippen molar-refractivity contribution in [1.29, 1.82) is 0 Å². The van der Waals surface area contributed by atoms with E-state index in [0.717, 1.165) is 11.5 Å². The van der Waals surface area contributed by atoms with Crippen molar-refractivity contribution < 1.29 is 18.9 Å². The molecule has 2 aromatic heterocycles. The van der Waals surface area contributed by atoms with Crippen LogP contribution in [0.15, 0.2) is 42.9 Å². The lowest BCUT2D eigenvalue weighted by molar-refractivity contribution is -0.696. The minimum Gasteiger partial charge on any atom is -0.381 e. The Morgan fingerprint density at radius 3 is 2.46 bits per heavy atom. The summed E-state index contributed by atoms with van der Waals surface area (Å²) in [6.45, 7) is 3.19. The fraction of sp³-hybridized carbons (Fsp3) is 0.238. The van der Waals surface area contributed by atoms with Gasteiger partial charge >= 0.3 is 0 Å². The van der Waals surface area contributed by atoms with Crippen molar-refractivity contribution in [2.24, 2.45) is 0 Å². The third kappa shape index (κ3) is 3.03. The monoisotopic (exact) mass is 378 g/mol. The topological polar surface area (TPSA) is 78.0 Å². The first-order valence-corrected chi connectivity index (χ1v) is 8.68. The smallest absolute Gasteiger partial charge is 0.254 e. The average Bonchev–Trinajstić information content (AvgIpc) is 2.97. The molecular formula is C21H22N4O3. The van der Waals surface area contributed by atoms with Crippen molar-refractivity contribution in [2.75, 3.05) is 13.7 Å². The van der Waals surface area contributed by atoms with Gasteiger partial charge in [0.2, 0.25) is 23.0 Å². The SMILES string of the molecule is COCCn1c2c([n+](Cc3cnccn3)c1C)C(=O)c1ccccc1C2=O.[CH3-]. The first-order chi connectivity index (χ1) is 13.1. The van der Waals surface area contributed by atoms with Crippen LogP contribution in [0.3, 0.4) is 0 Å². The average molecular weight is 378 g/mol. The van der Waals surface area contributed by atoms with E-state index in [4.69, 9.17) is 4.74 Å². The van der Waals surface area contributed by atoms with Gasteiger partial charge in [0.1, 0.15) is 18.8 Å². The molecule has 1 aromatic carbocycles. The van der Waals surface area contributed by atoms with E-state index in [2.05, 4.69) is 9.97 Å². The van der Waals surface area contributed by atoms with E-state index in [1.54, 1.807) is 50.0 Å². The Kier molecular flexibility index (Phi) is 5.46. The molecule has 0 unspecified atom stereocenters. The molecule has 0 atom stereocenters. The zero-order valence-electron chi connectivity index (χ0n) is 16.2. The normalized spacial score (nSPS) is 12.4. The Labute approximate surface area is 163 Å². The van der Waals surface area contributed by atoms with Crippen molar-refractivity contribution >= 4 is 11.6 Å². The molecule has 0 amide bonds. The molecule has 144 valence electrons. The summed E-state index contributed by atoms with van der Waals surface area (Å²) in [6, 6.07) is 6.95. The summed E-state index contributed by atoms with van der Waals surface area (Å²) in [5.74, 6) is 0.512. The number of fused-ring (bicyclic) bond motifs is 2. The van der Waals surface area contributed by atoms with Crippen molar-refractivity contribution in [3.63, 3.8) is 0 Å². The summed E-state index contributed by atoms with van der Waals surface area (Å²) in [5.41, 5.74) is 2.41. The quantitative estimate of drug-likeness (QED) is 0.391. The summed E-state index contributed by atoms with van der Waals surface area (Å²) in [4.78, 5) is 34.9. The fourth-order valence-electron chi connectivity index (χ4n) is 3.54. The van der Waals surface area contributed by atoms with Crippen LogP contribution < -0.4 is 4.57 Å². The molecule has 0 N–H and O–H groups in total. The van der Waals surface area contributed by atoms with E-state index in [9.17, 15) is 9.59 Å². The van der Waals surface area contributed by atoms with Crippen LogP contribution in [0.25, 0.3) is 0 Å². The molecule has 7 nitrogen and oxygen atoms in total. The Morgan fingerprint density at radius 1 is 1.11 bits per heavy atom. The van der Waals surface area contributed by atoms with Gasteiger partial charge in [-0.05, 0) is 0 Å². The number of ketones is 2. The first-order valence-electron chi connectivity index (χ1n) is 8.68. The number of hydrogen-bond donors (Lipinski definition) is 0. The van der Waals surface area contributed by atoms with Gasteiger partial charge in [0.05, 0.1) is 12.8 Å². The maximum atomic E-state index is 13.3. The van der Waals surface area contributed by atoms with Gasteiger partial charge in [-0.2, -0.15) is 0 Å². The summed E-state index contributed by atoms with van der Waals surface area (Å²) in [6.07, 6.45) is 4.88. The van der Waals surface area contributed by atoms with Gasteiger partial charge in [0, 0.05) is 37.6 Å². The number of nitrogens with zero attached hydrogens (tertiary/aromatic N) is 4. The Bertz CT molecular complexity index is 1040. The molecule has 0 saturated heterocycles. The number of imidazole rings is 1. The number of benzene rings is 1. The van der Waals surface area contributed by atoms with Crippen LogP contribution in [0.4, 0.5) is 0 Å². The fourth-order valence-corrected chi connectivity index (χ4v) is 3.54. The van der Waals surface area contributed by atoms with Crippen molar-refractivity contribution in [1.82, 2.24) is 14.5 Å². The highest BCUT2D eigenvalue weighted by Crippen LogP contribution is 2.27. The Balaban J connectivity index is 0.00000225. The van der Waals surface area contributed by atoms with E-state index < -0.39 is 0 Å². The van der Waals surface area contributed by atoms with Crippen LogP contribution in [0.1, 0.15) is 43.6 Å². The van der Waals surface area contributed by atoms with E-state index in [0.29, 0.717) is 42.2 Å². The van der Waals surface area contributed by atoms with Crippen molar-refractivity contribution in [3.05, 3.63) is 84.3 Å². The van der Waals surface area contributed by atoms with Crippen molar-refractivity contribution in [3.8, 4) is 0 Å². The molecule has 3 aromatic rings. The Morgan fingerprint density at radius 2 is 1.82 bits per heavy atom. The molecule has 0 aliphatic heterocycles. The second-order valence-corrected chi connectivity index (χ2v) is 6.38. The van der Waals surface area contributed by atoms with E-state index in [1.807, 2.05) is 16.1 Å². The van der Waals surface area contributed by atoms with Crippen LogP contribution in [-0.2, 0) is 17.8 Å². The standard InChI is InChI=1S/C20H19N4O3.CH3/c1-13-23(9-10-27-2)17-18(24(13)12-14-11-21-7-8-22-14)20(26)16-6-4-3-5-15(16)19(17)25;/h3-8,11H,9-10,12H2,1-2H3;1H3/q+1;-1. The van der Waals surface area contributed by atoms with Gasteiger partial charge in [-0.3, -0.25) is 19.6 Å². The maximum Gasteiger partial charge on any atom is 0.254 e. The highest BCUT2D eigenvalue weighted by molar-refractivity contribution is 6.26. The highest BCUT2D eigenvalue weighted by atomic mass is 16.5. The second-order valence-electron chi connectivity index (χ2n) is 6.38. The van der Waals surface area contributed by atoms with Crippen LogP contribution in [0, 0.1) is 14.4 Å². The molecule has 4 rings (SSSR count). The van der Waals surface area contributed by atoms with E-state index in [-0.39, 0.29) is 19.0 Å². The van der Waals surface area contributed by atoms with Gasteiger partial charge in [-0.15, -0.1) is 0 Å². The summed E-state index contributed by atoms with van der Waals surface area (Å²) < 4.78 is 8.92.